The second kappa shape index (κ2) is 9.45. The first kappa shape index (κ1) is 21.3. The summed E-state index contributed by atoms with van der Waals surface area (Å²) in [6.07, 6.45) is 8.32. The van der Waals surface area contributed by atoms with Crippen molar-refractivity contribution in [2.45, 2.75) is 56.2 Å². The highest BCUT2D eigenvalue weighted by molar-refractivity contribution is 7.88. The summed E-state index contributed by atoms with van der Waals surface area (Å²) in [5, 5.41) is 0. The number of hydrogen-bond acceptors (Lipinski definition) is 5. The molecule has 1 aliphatic carbocycles. The summed E-state index contributed by atoms with van der Waals surface area (Å²) in [5.74, 6) is 1.49. The molecule has 162 valence electrons. The predicted molar refractivity (Wildman–Crippen MR) is 119 cm³/mol. The van der Waals surface area contributed by atoms with Gasteiger partial charge in [-0.1, -0.05) is 36.4 Å². The van der Waals surface area contributed by atoms with Crippen LogP contribution in [0.2, 0.25) is 0 Å². The summed E-state index contributed by atoms with van der Waals surface area (Å²) in [6.45, 7) is 1.27. The summed E-state index contributed by atoms with van der Waals surface area (Å²) in [6, 6.07) is 16.3. The highest BCUT2D eigenvalue weighted by Crippen LogP contribution is 2.34. The third-order valence-corrected chi connectivity index (χ3v) is 7.03. The lowest BCUT2D eigenvalue weighted by Crippen LogP contribution is -2.48. The Morgan fingerprint density at radius 3 is 2.43 bits per heavy atom. The average molecular weight is 430 g/mol. The molecule has 2 aliphatic rings. The molecule has 2 aromatic rings. The monoisotopic (exact) mass is 429 g/mol. The Bertz CT molecular complexity index is 900. The van der Waals surface area contributed by atoms with Crippen LogP contribution in [0.3, 0.4) is 0 Å². The molecule has 0 spiro atoms. The SMILES string of the molecule is CS(=O)(=O)N[C@H]1CCN(c2ccccn2)[C@H]1CO[C@H]1CC[C@@H](c2ccccc2)CC1. The highest BCUT2D eigenvalue weighted by atomic mass is 32.2. The van der Waals surface area contributed by atoms with Crippen molar-refractivity contribution < 1.29 is 13.2 Å². The summed E-state index contributed by atoms with van der Waals surface area (Å²) < 4.78 is 32.9. The van der Waals surface area contributed by atoms with Gasteiger partial charge in [0.2, 0.25) is 10.0 Å². The van der Waals surface area contributed by atoms with Crippen LogP contribution in [0, 0.1) is 0 Å². The van der Waals surface area contributed by atoms with Crippen LogP contribution in [0.15, 0.2) is 54.7 Å². The van der Waals surface area contributed by atoms with Crippen LogP contribution in [-0.2, 0) is 14.8 Å². The number of sulfonamides is 1. The van der Waals surface area contributed by atoms with Crippen LogP contribution in [-0.4, -0.2) is 51.0 Å². The Morgan fingerprint density at radius 2 is 1.77 bits per heavy atom. The van der Waals surface area contributed by atoms with Gasteiger partial charge < -0.3 is 9.64 Å². The third-order valence-electron chi connectivity index (χ3n) is 6.30. The van der Waals surface area contributed by atoms with E-state index >= 15 is 0 Å². The summed E-state index contributed by atoms with van der Waals surface area (Å²) in [5.41, 5.74) is 1.42. The lowest BCUT2D eigenvalue weighted by atomic mass is 9.83. The summed E-state index contributed by atoms with van der Waals surface area (Å²) >= 11 is 0. The molecule has 2 heterocycles. The molecule has 1 aromatic heterocycles. The minimum atomic E-state index is -3.28. The molecule has 2 atom stereocenters. The van der Waals surface area contributed by atoms with E-state index in [9.17, 15) is 8.42 Å². The van der Waals surface area contributed by atoms with E-state index in [2.05, 4.69) is 44.9 Å². The van der Waals surface area contributed by atoms with E-state index in [0.717, 1.165) is 44.5 Å². The largest absolute Gasteiger partial charge is 0.376 e. The molecule has 30 heavy (non-hydrogen) atoms. The molecule has 1 saturated heterocycles. The number of nitrogens with one attached hydrogen (secondary N) is 1. The van der Waals surface area contributed by atoms with Gasteiger partial charge in [0.1, 0.15) is 5.82 Å². The van der Waals surface area contributed by atoms with Gasteiger partial charge in [-0.3, -0.25) is 0 Å². The van der Waals surface area contributed by atoms with Crippen LogP contribution < -0.4 is 9.62 Å². The quantitative estimate of drug-likeness (QED) is 0.731. The van der Waals surface area contributed by atoms with Gasteiger partial charge in [0, 0.05) is 18.8 Å². The van der Waals surface area contributed by atoms with Gasteiger partial charge in [-0.2, -0.15) is 0 Å². The van der Waals surface area contributed by atoms with Gasteiger partial charge in [-0.25, -0.2) is 18.1 Å². The molecule has 6 nitrogen and oxygen atoms in total. The molecule has 1 N–H and O–H groups in total. The standard InChI is InChI=1S/C23H31N3O3S/c1-30(27,28)25-21-14-16-26(23-9-5-6-15-24-23)22(21)17-29-20-12-10-19(11-13-20)18-7-3-2-4-8-18/h2-9,15,19-22,25H,10-14,16-17H2,1H3/t19-,20+,21-,22-/m0/s1. The first-order valence-electron chi connectivity index (χ1n) is 10.8. The van der Waals surface area contributed by atoms with Crippen LogP contribution in [0.1, 0.15) is 43.6 Å². The van der Waals surface area contributed by atoms with Gasteiger partial charge in [0.15, 0.2) is 0 Å². The van der Waals surface area contributed by atoms with Crippen molar-refractivity contribution in [3.05, 3.63) is 60.3 Å². The number of hydrogen-bond donors (Lipinski definition) is 1. The minimum Gasteiger partial charge on any atom is -0.376 e. The Hall–Kier alpha value is -1.96. The van der Waals surface area contributed by atoms with Gasteiger partial charge in [0.25, 0.3) is 0 Å². The van der Waals surface area contributed by atoms with Crippen molar-refractivity contribution >= 4 is 15.8 Å². The summed E-state index contributed by atoms with van der Waals surface area (Å²) in [4.78, 5) is 6.65. The van der Waals surface area contributed by atoms with E-state index < -0.39 is 10.0 Å². The zero-order chi connectivity index (χ0) is 21.0. The molecule has 0 unspecified atom stereocenters. The zero-order valence-corrected chi connectivity index (χ0v) is 18.3. The molecule has 1 saturated carbocycles. The van der Waals surface area contributed by atoms with Crippen molar-refractivity contribution in [2.75, 3.05) is 24.3 Å². The van der Waals surface area contributed by atoms with Gasteiger partial charge in [-0.05, 0) is 55.7 Å². The van der Waals surface area contributed by atoms with E-state index in [1.54, 1.807) is 6.20 Å². The Balaban J connectivity index is 1.37. The fourth-order valence-corrected chi connectivity index (χ4v) is 5.63. The smallest absolute Gasteiger partial charge is 0.209 e. The van der Waals surface area contributed by atoms with E-state index in [0.29, 0.717) is 12.5 Å². The average Bonchev–Trinajstić information content (AvgIpc) is 3.14. The second-order valence-corrected chi connectivity index (χ2v) is 10.2. The number of rotatable bonds is 7. The first-order chi connectivity index (χ1) is 14.5. The molecule has 1 aliphatic heterocycles. The van der Waals surface area contributed by atoms with Crippen LogP contribution in [0.5, 0.6) is 0 Å². The van der Waals surface area contributed by atoms with Gasteiger partial charge in [0.05, 0.1) is 25.0 Å². The molecule has 0 bridgehead atoms. The van der Waals surface area contributed by atoms with Crippen molar-refractivity contribution in [3.8, 4) is 0 Å². The number of pyridine rings is 1. The van der Waals surface area contributed by atoms with E-state index in [-0.39, 0.29) is 18.2 Å². The normalized spacial score (nSPS) is 27.3. The van der Waals surface area contributed by atoms with E-state index in [1.165, 1.54) is 11.8 Å². The number of aromatic nitrogens is 1. The summed E-state index contributed by atoms with van der Waals surface area (Å²) in [7, 11) is -3.28. The first-order valence-corrected chi connectivity index (χ1v) is 12.7. The van der Waals surface area contributed by atoms with Gasteiger partial charge in [-0.15, -0.1) is 0 Å². The minimum absolute atomic E-state index is 0.0542. The van der Waals surface area contributed by atoms with Crippen LogP contribution >= 0.6 is 0 Å². The fraction of sp³-hybridized carbons (Fsp3) is 0.522. The maximum atomic E-state index is 11.9. The molecule has 4 rings (SSSR count). The Morgan fingerprint density at radius 1 is 1.03 bits per heavy atom. The maximum Gasteiger partial charge on any atom is 0.209 e. The van der Waals surface area contributed by atoms with E-state index in [1.807, 2.05) is 18.2 Å². The molecule has 0 radical (unpaired) electrons. The number of anilines is 1. The number of nitrogens with zero attached hydrogens (tertiary/aromatic N) is 2. The highest BCUT2D eigenvalue weighted by Gasteiger charge is 2.37. The Labute approximate surface area is 179 Å². The molecule has 0 amide bonds. The lowest BCUT2D eigenvalue weighted by molar-refractivity contribution is 0.0156. The number of benzene rings is 1. The maximum absolute atomic E-state index is 11.9. The molecule has 1 aromatic carbocycles. The topological polar surface area (TPSA) is 71.5 Å². The van der Waals surface area contributed by atoms with Crippen molar-refractivity contribution in [3.63, 3.8) is 0 Å². The lowest BCUT2D eigenvalue weighted by Gasteiger charge is -2.33. The van der Waals surface area contributed by atoms with Crippen molar-refractivity contribution in [2.24, 2.45) is 0 Å². The zero-order valence-electron chi connectivity index (χ0n) is 17.5. The fourth-order valence-electron chi connectivity index (χ4n) is 4.80. The third kappa shape index (κ3) is 5.39. The molecule has 7 heteroatoms. The molecular formula is C23H31N3O3S. The van der Waals surface area contributed by atoms with Crippen molar-refractivity contribution in [1.82, 2.24) is 9.71 Å². The Kier molecular flexibility index (Phi) is 6.71. The van der Waals surface area contributed by atoms with Crippen LogP contribution in [0.4, 0.5) is 5.82 Å². The van der Waals surface area contributed by atoms with Crippen molar-refractivity contribution in [1.29, 1.82) is 0 Å². The van der Waals surface area contributed by atoms with E-state index in [4.69, 9.17) is 4.74 Å². The second-order valence-electron chi connectivity index (χ2n) is 8.45. The molecule has 2 fully saturated rings. The molecular weight excluding hydrogens is 398 g/mol. The number of ether oxygens (including phenoxy) is 1. The van der Waals surface area contributed by atoms with Crippen LogP contribution in [0.25, 0.3) is 0 Å². The predicted octanol–water partition coefficient (Wildman–Crippen LogP) is 3.32. The van der Waals surface area contributed by atoms with Gasteiger partial charge >= 0.3 is 0 Å².